The van der Waals surface area contributed by atoms with Gasteiger partial charge < -0.3 is 19.9 Å². The summed E-state index contributed by atoms with van der Waals surface area (Å²) in [4.78, 5) is 27.4. The van der Waals surface area contributed by atoms with E-state index in [9.17, 15) is 4.79 Å². The van der Waals surface area contributed by atoms with Gasteiger partial charge in [0.1, 0.15) is 11.5 Å². The second kappa shape index (κ2) is 9.53. The first-order chi connectivity index (χ1) is 10.9. The fourth-order valence-corrected chi connectivity index (χ4v) is 2.22. The molecule has 0 aliphatic carbocycles. The number of nitriles is 1. The molecule has 8 nitrogen and oxygen atoms in total. The standard InChI is InChI=1S/C11H14N5O3P.C2H6S/c1-20(18)6-19-3-2-16-5-7(4-12)8-9(16)14-11(13)15-10(8)17;1-3-2/h5,18H,2-3,6H2,1H3,(H3,13,14,15,17);1-2H3. The summed E-state index contributed by atoms with van der Waals surface area (Å²) in [6.07, 6.45) is 5.92. The number of nitrogens with zero attached hydrogens (tertiary/aromatic N) is 3. The highest BCUT2D eigenvalue weighted by molar-refractivity contribution is 7.97. The van der Waals surface area contributed by atoms with E-state index in [1.54, 1.807) is 29.2 Å². The van der Waals surface area contributed by atoms with Gasteiger partial charge in [-0.2, -0.15) is 22.0 Å². The summed E-state index contributed by atoms with van der Waals surface area (Å²) < 4.78 is 6.93. The summed E-state index contributed by atoms with van der Waals surface area (Å²) in [5.41, 5.74) is 5.68. The van der Waals surface area contributed by atoms with Crippen LogP contribution in [0.5, 0.6) is 0 Å². The summed E-state index contributed by atoms with van der Waals surface area (Å²) in [5, 5.41) is 9.27. The molecule has 0 aromatic carbocycles. The van der Waals surface area contributed by atoms with Crippen molar-refractivity contribution < 1.29 is 9.63 Å². The number of nitrogens with two attached hydrogens (primary N) is 1. The third kappa shape index (κ3) is 5.52. The van der Waals surface area contributed by atoms with Crippen LogP contribution in [0.2, 0.25) is 0 Å². The average Bonchev–Trinajstić information content (AvgIpc) is 2.82. The van der Waals surface area contributed by atoms with Gasteiger partial charge in [0.25, 0.3) is 5.56 Å². The topological polar surface area (TPSA) is 130 Å². The first kappa shape index (κ1) is 19.5. The van der Waals surface area contributed by atoms with E-state index in [4.69, 9.17) is 20.6 Å². The lowest BCUT2D eigenvalue weighted by Crippen LogP contribution is -2.13. The lowest BCUT2D eigenvalue weighted by molar-refractivity contribution is 0.166. The molecule has 2 rings (SSSR count). The number of thioether (sulfide) groups is 1. The van der Waals surface area contributed by atoms with E-state index < -0.39 is 13.7 Å². The molecular weight excluding hydrogens is 337 g/mol. The van der Waals surface area contributed by atoms with Crippen LogP contribution in [0, 0.1) is 11.3 Å². The van der Waals surface area contributed by atoms with E-state index in [0.29, 0.717) is 18.8 Å². The molecule has 1 unspecified atom stereocenters. The molecule has 10 heteroatoms. The lowest BCUT2D eigenvalue weighted by atomic mass is 10.3. The van der Waals surface area contributed by atoms with Crippen LogP contribution in [0.4, 0.5) is 5.95 Å². The van der Waals surface area contributed by atoms with E-state index in [-0.39, 0.29) is 23.2 Å². The van der Waals surface area contributed by atoms with E-state index in [0.717, 1.165) is 0 Å². The van der Waals surface area contributed by atoms with Crippen molar-refractivity contribution in [3.05, 3.63) is 22.1 Å². The molecule has 4 N–H and O–H groups in total. The van der Waals surface area contributed by atoms with Crippen LogP contribution < -0.4 is 11.3 Å². The van der Waals surface area contributed by atoms with Crippen LogP contribution in [0.25, 0.3) is 11.0 Å². The highest BCUT2D eigenvalue weighted by atomic mass is 32.2. The van der Waals surface area contributed by atoms with E-state index in [1.807, 2.05) is 18.6 Å². The molecule has 126 valence electrons. The van der Waals surface area contributed by atoms with Crippen molar-refractivity contribution in [2.45, 2.75) is 6.54 Å². The quantitative estimate of drug-likeness (QED) is 0.540. The highest BCUT2D eigenvalue weighted by Gasteiger charge is 2.14. The Labute approximate surface area is 139 Å². The summed E-state index contributed by atoms with van der Waals surface area (Å²) in [6, 6.07) is 1.96. The second-order valence-electron chi connectivity index (χ2n) is 4.60. The molecule has 2 aromatic rings. The Hall–Kier alpha value is -1.59. The Bertz CT molecular complexity index is 738. The van der Waals surface area contributed by atoms with Gasteiger partial charge in [-0.3, -0.25) is 9.78 Å². The summed E-state index contributed by atoms with van der Waals surface area (Å²) in [7, 11) is -1.10. The van der Waals surface area contributed by atoms with Crippen LogP contribution in [0.1, 0.15) is 5.56 Å². The summed E-state index contributed by atoms with van der Waals surface area (Å²) in [6.45, 7) is 2.45. The number of H-pyrrole nitrogens is 1. The average molecular weight is 357 g/mol. The predicted octanol–water partition coefficient (Wildman–Crippen LogP) is 1.15. The van der Waals surface area contributed by atoms with Crippen molar-refractivity contribution in [3.63, 3.8) is 0 Å². The van der Waals surface area contributed by atoms with E-state index in [1.165, 1.54) is 0 Å². The van der Waals surface area contributed by atoms with E-state index in [2.05, 4.69) is 9.97 Å². The van der Waals surface area contributed by atoms with Gasteiger partial charge in [0.05, 0.1) is 18.5 Å². The van der Waals surface area contributed by atoms with Crippen molar-refractivity contribution >= 4 is 36.9 Å². The van der Waals surface area contributed by atoms with Crippen LogP contribution in [-0.2, 0) is 11.3 Å². The Kier molecular flexibility index (Phi) is 8.06. The van der Waals surface area contributed by atoms with Crippen molar-refractivity contribution in [2.75, 3.05) is 37.9 Å². The van der Waals surface area contributed by atoms with Gasteiger partial charge in [-0.1, -0.05) is 0 Å². The molecule has 0 aliphatic heterocycles. The molecule has 0 spiro atoms. The number of hydrogen-bond acceptors (Lipinski definition) is 7. The van der Waals surface area contributed by atoms with Crippen LogP contribution in [0.15, 0.2) is 11.0 Å². The number of nitrogen functional groups attached to an aromatic ring is 1. The maximum absolute atomic E-state index is 11.8. The van der Waals surface area contributed by atoms with E-state index >= 15 is 0 Å². The van der Waals surface area contributed by atoms with Crippen LogP contribution in [0.3, 0.4) is 0 Å². The van der Waals surface area contributed by atoms with Crippen molar-refractivity contribution in [1.82, 2.24) is 14.5 Å². The predicted molar refractivity (Wildman–Crippen MR) is 94.8 cm³/mol. The fourth-order valence-electron chi connectivity index (χ4n) is 1.83. The van der Waals surface area contributed by atoms with Crippen LogP contribution in [-0.4, -0.2) is 51.6 Å². The Balaban J connectivity index is 0.000000816. The third-order valence-corrected chi connectivity index (χ3v) is 3.18. The molecule has 2 heterocycles. The monoisotopic (exact) mass is 357 g/mol. The minimum atomic E-state index is -1.10. The van der Waals surface area contributed by atoms with Crippen LogP contribution >= 0.6 is 19.9 Å². The number of ether oxygens (including phenoxy) is 1. The molecule has 0 radical (unpaired) electrons. The smallest absolute Gasteiger partial charge is 0.263 e. The first-order valence-electron chi connectivity index (χ1n) is 6.61. The third-order valence-electron chi connectivity index (χ3n) is 2.62. The zero-order chi connectivity index (χ0) is 17.4. The minimum absolute atomic E-state index is 0.000282. The molecular formula is C13H20N5O3PS. The number of anilines is 1. The minimum Gasteiger partial charge on any atom is -0.373 e. The molecule has 0 aliphatic rings. The van der Waals surface area contributed by atoms with Crippen molar-refractivity contribution in [1.29, 1.82) is 5.26 Å². The molecule has 0 bridgehead atoms. The van der Waals surface area contributed by atoms with Gasteiger partial charge in [-0.05, 0) is 19.2 Å². The number of rotatable bonds is 5. The number of fused-ring (bicyclic) bond motifs is 1. The first-order valence-corrected chi connectivity index (χ1v) is 10.2. The normalized spacial score (nSPS) is 11.6. The molecule has 0 saturated carbocycles. The number of aromatic amines is 1. The number of nitrogens with one attached hydrogen (secondary N) is 1. The van der Waals surface area contributed by atoms with Gasteiger partial charge in [0.15, 0.2) is 5.65 Å². The largest absolute Gasteiger partial charge is 0.373 e. The van der Waals surface area contributed by atoms with Crippen molar-refractivity contribution in [3.8, 4) is 6.07 Å². The Morgan fingerprint density at radius 1 is 1.61 bits per heavy atom. The highest BCUT2D eigenvalue weighted by Crippen LogP contribution is 2.22. The summed E-state index contributed by atoms with van der Waals surface area (Å²) in [5.74, 6) is -0.000282. The molecule has 23 heavy (non-hydrogen) atoms. The zero-order valence-electron chi connectivity index (χ0n) is 13.2. The number of hydrogen-bond donors (Lipinski definition) is 3. The maximum Gasteiger partial charge on any atom is 0.263 e. The zero-order valence-corrected chi connectivity index (χ0v) is 14.9. The molecule has 0 saturated heterocycles. The van der Waals surface area contributed by atoms with Gasteiger partial charge in [-0.25, -0.2) is 0 Å². The second-order valence-corrected chi connectivity index (χ2v) is 6.99. The van der Waals surface area contributed by atoms with Gasteiger partial charge in [0, 0.05) is 20.9 Å². The van der Waals surface area contributed by atoms with Gasteiger partial charge in [-0.15, -0.1) is 0 Å². The Morgan fingerprint density at radius 3 is 2.83 bits per heavy atom. The maximum atomic E-state index is 11.8. The molecule has 2 aromatic heterocycles. The molecule has 0 fully saturated rings. The fraction of sp³-hybridized carbons (Fsp3) is 0.462. The molecule has 1 atom stereocenters. The molecule has 0 amide bonds. The van der Waals surface area contributed by atoms with Gasteiger partial charge >= 0.3 is 0 Å². The van der Waals surface area contributed by atoms with Crippen molar-refractivity contribution in [2.24, 2.45) is 0 Å². The summed E-state index contributed by atoms with van der Waals surface area (Å²) >= 11 is 1.75. The SMILES string of the molecule is CP(O)COCCn1cc(C#N)c2c(=O)[nH]c(N)nc21.CSC. The lowest BCUT2D eigenvalue weighted by Gasteiger charge is -2.07. The Morgan fingerprint density at radius 2 is 2.26 bits per heavy atom. The van der Waals surface area contributed by atoms with Gasteiger partial charge in [0.2, 0.25) is 5.95 Å². The number of aromatic nitrogens is 3.